The molecule has 2 amide bonds. The molecule has 3 aromatic rings. The van der Waals surface area contributed by atoms with E-state index in [-0.39, 0.29) is 0 Å². The van der Waals surface area contributed by atoms with Gasteiger partial charge in [-0.15, -0.1) is 0 Å². The van der Waals surface area contributed by atoms with E-state index in [1.54, 1.807) is 42.7 Å². The number of pyridine rings is 1. The molecule has 146 valence electrons. The maximum absolute atomic E-state index is 12.3. The molecular weight excluding hydrogens is 356 g/mol. The summed E-state index contributed by atoms with van der Waals surface area (Å²) in [4.78, 5) is 16.3. The van der Waals surface area contributed by atoms with E-state index in [4.69, 9.17) is 9.26 Å². The normalized spacial score (nSPS) is 11.6. The summed E-state index contributed by atoms with van der Waals surface area (Å²) >= 11 is 0. The van der Waals surface area contributed by atoms with E-state index in [1.807, 2.05) is 12.1 Å². The number of carbonyl (C=O) groups excluding carboxylic acids is 1. The molecule has 7 heteroatoms. The molecule has 0 spiro atoms. The van der Waals surface area contributed by atoms with Crippen LogP contribution in [0.25, 0.3) is 0 Å². The van der Waals surface area contributed by atoms with Crippen LogP contribution in [0.4, 0.5) is 16.4 Å². The summed E-state index contributed by atoms with van der Waals surface area (Å²) in [5, 5.41) is 9.44. The Morgan fingerprint density at radius 2 is 1.96 bits per heavy atom. The fourth-order valence-electron chi connectivity index (χ4n) is 2.54. The highest BCUT2D eigenvalue weighted by molar-refractivity contribution is 5.99. The van der Waals surface area contributed by atoms with Crippen molar-refractivity contribution in [3.63, 3.8) is 0 Å². The molecule has 0 bridgehead atoms. The second-order valence-electron chi connectivity index (χ2n) is 6.59. The van der Waals surface area contributed by atoms with Gasteiger partial charge in [-0.2, -0.15) is 0 Å². The Balaban J connectivity index is 1.59. The minimum atomic E-state index is -0.435. The number of rotatable bonds is 8. The smallest absolute Gasteiger partial charge is 0.326 e. The molecule has 7 nitrogen and oxygen atoms in total. The molecular formula is C21H24N4O3. The van der Waals surface area contributed by atoms with E-state index in [1.165, 1.54) is 0 Å². The summed E-state index contributed by atoms with van der Waals surface area (Å²) in [6.07, 6.45) is 6.27. The van der Waals surface area contributed by atoms with Gasteiger partial charge in [-0.3, -0.25) is 10.3 Å². The van der Waals surface area contributed by atoms with E-state index < -0.39 is 6.03 Å². The van der Waals surface area contributed by atoms with Gasteiger partial charge in [0.25, 0.3) is 0 Å². The lowest BCUT2D eigenvalue weighted by Crippen LogP contribution is -2.19. The minimum Gasteiger partial charge on any atom is -0.455 e. The molecule has 1 unspecified atom stereocenters. The number of aryl methyl sites for hydroxylation is 1. The van der Waals surface area contributed by atoms with E-state index in [0.29, 0.717) is 29.0 Å². The van der Waals surface area contributed by atoms with Crippen LogP contribution in [0.5, 0.6) is 11.5 Å². The Morgan fingerprint density at radius 3 is 2.75 bits per heavy atom. The van der Waals surface area contributed by atoms with Crippen LogP contribution in [0.3, 0.4) is 0 Å². The van der Waals surface area contributed by atoms with Gasteiger partial charge in [0.05, 0.1) is 11.4 Å². The van der Waals surface area contributed by atoms with Crippen molar-refractivity contribution >= 4 is 17.6 Å². The molecule has 0 saturated carbocycles. The number of ether oxygens (including phenoxy) is 1. The number of hydrogen-bond acceptors (Lipinski definition) is 5. The molecule has 0 radical (unpaired) electrons. The second kappa shape index (κ2) is 9.55. The van der Waals surface area contributed by atoms with Gasteiger partial charge in [-0.05, 0) is 43.0 Å². The number of carbonyl (C=O) groups is 1. The average molecular weight is 380 g/mol. The van der Waals surface area contributed by atoms with Crippen molar-refractivity contribution in [2.75, 3.05) is 10.6 Å². The lowest BCUT2D eigenvalue weighted by Gasteiger charge is -2.11. The van der Waals surface area contributed by atoms with Crippen LogP contribution in [0, 0.1) is 5.92 Å². The first kappa shape index (κ1) is 19.4. The van der Waals surface area contributed by atoms with Gasteiger partial charge in [-0.25, -0.2) is 4.79 Å². The van der Waals surface area contributed by atoms with Crippen molar-refractivity contribution in [2.24, 2.45) is 5.92 Å². The number of para-hydroxylation sites is 2. The Hall–Kier alpha value is -3.35. The summed E-state index contributed by atoms with van der Waals surface area (Å²) in [6, 6.07) is 12.0. The topological polar surface area (TPSA) is 89.3 Å². The molecule has 0 fully saturated rings. The number of hydrogen-bond donors (Lipinski definition) is 2. The molecule has 2 aromatic heterocycles. The fourth-order valence-corrected chi connectivity index (χ4v) is 2.54. The lowest BCUT2D eigenvalue weighted by molar-refractivity contribution is 0.261. The highest BCUT2D eigenvalue weighted by Crippen LogP contribution is 2.29. The third-order valence-corrected chi connectivity index (χ3v) is 4.40. The predicted octanol–water partition coefficient (Wildman–Crippen LogP) is 5.48. The van der Waals surface area contributed by atoms with Gasteiger partial charge in [-0.1, -0.05) is 37.6 Å². The number of benzene rings is 1. The van der Waals surface area contributed by atoms with Crippen molar-refractivity contribution in [1.29, 1.82) is 0 Å². The quantitative estimate of drug-likeness (QED) is 0.540. The number of nitrogens with zero attached hydrogens (tertiary/aromatic N) is 2. The average Bonchev–Trinajstić information content (AvgIpc) is 3.15. The fraction of sp³-hybridized carbons (Fsp3) is 0.286. The zero-order chi connectivity index (χ0) is 19.8. The maximum atomic E-state index is 12.3. The van der Waals surface area contributed by atoms with E-state index >= 15 is 0 Å². The number of anilines is 2. The molecule has 0 aliphatic carbocycles. The van der Waals surface area contributed by atoms with Gasteiger partial charge in [0.1, 0.15) is 5.75 Å². The molecule has 1 aromatic carbocycles. The molecule has 1 atom stereocenters. The van der Waals surface area contributed by atoms with Crippen LogP contribution in [-0.2, 0) is 6.42 Å². The van der Waals surface area contributed by atoms with Crippen LogP contribution < -0.4 is 15.4 Å². The summed E-state index contributed by atoms with van der Waals surface area (Å²) in [7, 11) is 0. The molecule has 3 rings (SSSR count). The summed E-state index contributed by atoms with van der Waals surface area (Å²) < 4.78 is 11.0. The number of aromatic nitrogens is 2. The number of nitrogens with one attached hydrogen (secondary N) is 2. The molecule has 2 N–H and O–H groups in total. The summed E-state index contributed by atoms with van der Waals surface area (Å²) in [5.74, 6) is 2.10. The van der Waals surface area contributed by atoms with E-state index in [2.05, 4.69) is 34.6 Å². The second-order valence-corrected chi connectivity index (χ2v) is 6.59. The maximum Gasteiger partial charge on any atom is 0.326 e. The van der Waals surface area contributed by atoms with Gasteiger partial charge < -0.3 is 14.6 Å². The third kappa shape index (κ3) is 5.57. The van der Waals surface area contributed by atoms with E-state index in [0.717, 1.165) is 25.0 Å². The lowest BCUT2D eigenvalue weighted by atomic mass is 10.0. The predicted molar refractivity (Wildman–Crippen MR) is 108 cm³/mol. The summed E-state index contributed by atoms with van der Waals surface area (Å²) in [5.41, 5.74) is 1.37. The number of urea groups is 1. The molecule has 28 heavy (non-hydrogen) atoms. The summed E-state index contributed by atoms with van der Waals surface area (Å²) in [6.45, 7) is 4.37. The van der Waals surface area contributed by atoms with Crippen molar-refractivity contribution in [2.45, 2.75) is 33.1 Å². The van der Waals surface area contributed by atoms with Gasteiger partial charge in [0, 0.05) is 18.5 Å². The monoisotopic (exact) mass is 380 g/mol. The zero-order valence-electron chi connectivity index (χ0n) is 16.0. The van der Waals surface area contributed by atoms with Crippen molar-refractivity contribution in [3.8, 4) is 11.5 Å². The zero-order valence-corrected chi connectivity index (χ0v) is 16.0. The highest BCUT2D eigenvalue weighted by atomic mass is 16.5. The SMILES string of the molecule is CCC(C)CCc1cc(NC(=O)Nc2ccccc2Oc2ccncc2)on1. The third-order valence-electron chi connectivity index (χ3n) is 4.40. The standard InChI is InChI=1S/C21H24N4O3/c1-3-15(2)8-9-16-14-20(28-25-16)24-21(26)23-18-6-4-5-7-19(18)27-17-10-12-22-13-11-17/h4-7,10-15H,3,8-9H2,1-2H3,(H2,23,24,26). The van der Waals surface area contributed by atoms with Gasteiger partial charge in [0.15, 0.2) is 5.75 Å². The molecule has 0 saturated heterocycles. The Kier molecular flexibility index (Phi) is 6.62. The first-order valence-electron chi connectivity index (χ1n) is 9.34. The van der Waals surface area contributed by atoms with Crippen LogP contribution in [-0.4, -0.2) is 16.2 Å². The van der Waals surface area contributed by atoms with Crippen LogP contribution in [0.2, 0.25) is 0 Å². The van der Waals surface area contributed by atoms with Crippen molar-refractivity contribution in [3.05, 3.63) is 60.6 Å². The van der Waals surface area contributed by atoms with Gasteiger partial charge >= 0.3 is 6.03 Å². The van der Waals surface area contributed by atoms with Crippen LogP contribution in [0.15, 0.2) is 59.4 Å². The van der Waals surface area contributed by atoms with Crippen LogP contribution in [0.1, 0.15) is 32.4 Å². The van der Waals surface area contributed by atoms with Crippen molar-refractivity contribution < 1.29 is 14.1 Å². The van der Waals surface area contributed by atoms with Crippen molar-refractivity contribution in [1.82, 2.24) is 10.1 Å². The first-order chi connectivity index (χ1) is 13.6. The van der Waals surface area contributed by atoms with Gasteiger partial charge in [0.2, 0.25) is 5.88 Å². The highest BCUT2D eigenvalue weighted by Gasteiger charge is 2.12. The Labute approximate surface area is 164 Å². The molecule has 0 aliphatic rings. The van der Waals surface area contributed by atoms with Crippen LogP contribution >= 0.6 is 0 Å². The Morgan fingerprint density at radius 1 is 1.18 bits per heavy atom. The Bertz CT molecular complexity index is 895. The molecule has 2 heterocycles. The molecule has 0 aliphatic heterocycles. The van der Waals surface area contributed by atoms with E-state index in [9.17, 15) is 4.79 Å². The number of amides is 2. The first-order valence-corrected chi connectivity index (χ1v) is 9.34. The largest absolute Gasteiger partial charge is 0.455 e. The minimum absolute atomic E-state index is 0.309.